The Kier molecular flexibility index (Phi) is 6.01. The maximum absolute atomic E-state index is 12.6. The van der Waals surface area contributed by atoms with Gasteiger partial charge < -0.3 is 16.0 Å². The van der Waals surface area contributed by atoms with E-state index < -0.39 is 0 Å². The van der Waals surface area contributed by atoms with Crippen LogP contribution in [0.1, 0.15) is 37.1 Å². The van der Waals surface area contributed by atoms with Crippen molar-refractivity contribution in [2.24, 2.45) is 0 Å². The molecule has 0 bridgehead atoms. The van der Waals surface area contributed by atoms with E-state index in [1.165, 1.54) is 10.4 Å². The maximum Gasteiger partial charge on any atom is 0.226 e. The summed E-state index contributed by atoms with van der Waals surface area (Å²) in [7, 11) is 0. The van der Waals surface area contributed by atoms with Gasteiger partial charge in [-0.1, -0.05) is 6.92 Å². The van der Waals surface area contributed by atoms with E-state index in [4.69, 9.17) is 4.98 Å². The Hall–Kier alpha value is -1.87. The normalized spacial score (nSPS) is 14.8. The van der Waals surface area contributed by atoms with E-state index in [1.54, 1.807) is 35.1 Å². The lowest BCUT2D eigenvalue weighted by Crippen LogP contribution is -2.28. The number of hydrogen-bond donors (Lipinski definition) is 3. The first kappa shape index (κ1) is 19.4. The van der Waals surface area contributed by atoms with Crippen molar-refractivity contribution < 1.29 is 4.79 Å². The number of carbonyl (C=O) groups is 1. The summed E-state index contributed by atoms with van der Waals surface area (Å²) in [5.41, 5.74) is 3.33. The molecule has 28 heavy (non-hydrogen) atoms. The fourth-order valence-corrected chi connectivity index (χ4v) is 5.61. The summed E-state index contributed by atoms with van der Waals surface area (Å²) in [6.07, 6.45) is 6.08. The van der Waals surface area contributed by atoms with Crippen LogP contribution in [0, 0.1) is 0 Å². The number of nitrogens with one attached hydrogen (secondary N) is 3. The van der Waals surface area contributed by atoms with E-state index in [1.807, 2.05) is 6.07 Å². The molecule has 0 aliphatic carbocycles. The van der Waals surface area contributed by atoms with Gasteiger partial charge in [0.25, 0.3) is 0 Å². The van der Waals surface area contributed by atoms with Gasteiger partial charge in [-0.05, 0) is 37.9 Å². The summed E-state index contributed by atoms with van der Waals surface area (Å²) >= 11 is 3.34. The molecule has 4 heterocycles. The van der Waals surface area contributed by atoms with E-state index in [0.29, 0.717) is 19.0 Å². The summed E-state index contributed by atoms with van der Waals surface area (Å²) in [5.74, 6) is 0.0476. The molecule has 8 heteroatoms. The molecule has 3 aromatic heterocycles. The first-order valence-corrected chi connectivity index (χ1v) is 11.4. The predicted molar refractivity (Wildman–Crippen MR) is 117 cm³/mol. The number of rotatable bonds is 7. The Morgan fingerprint density at radius 2 is 2.29 bits per heavy atom. The number of thiophene rings is 1. The highest BCUT2D eigenvalue weighted by atomic mass is 32.1. The first-order chi connectivity index (χ1) is 13.7. The highest BCUT2D eigenvalue weighted by molar-refractivity contribution is 7.22. The molecular weight excluding hydrogens is 390 g/mol. The lowest BCUT2D eigenvalue weighted by molar-refractivity contribution is -0.116. The number of carbonyl (C=O) groups excluding carboxylic acids is 1. The van der Waals surface area contributed by atoms with Gasteiger partial charge in [-0.25, -0.2) is 4.98 Å². The molecule has 1 aliphatic rings. The number of nitrogens with zero attached hydrogens (tertiary/aromatic N) is 2. The standard InChI is InChI=1S/C20H25N5OS2/c1-3-12(2)23-9-6-17(26)25-20-18(13-4-7-22-11-16(13)28-20)19-24-14-10-21-8-5-15(14)27-19/h5,8,10,12,22-23H,3-4,6-7,9,11H2,1-2H3,(H,25,26)/t12-/m0/s1. The van der Waals surface area contributed by atoms with Gasteiger partial charge in [-0.15, -0.1) is 22.7 Å². The van der Waals surface area contributed by atoms with Crippen molar-refractivity contribution in [2.45, 2.75) is 45.7 Å². The van der Waals surface area contributed by atoms with E-state index in [0.717, 1.165) is 51.7 Å². The van der Waals surface area contributed by atoms with Crippen LogP contribution in [0.15, 0.2) is 18.5 Å². The smallest absolute Gasteiger partial charge is 0.226 e. The quantitative estimate of drug-likeness (QED) is 0.547. The maximum atomic E-state index is 12.6. The fraction of sp³-hybridized carbons (Fsp3) is 0.450. The SMILES string of the molecule is CC[C@H](C)NCCC(=O)Nc1sc2c(c1-c1nc3cnccc3s1)CCNC2. The Balaban J connectivity index is 1.60. The molecule has 1 aliphatic heterocycles. The zero-order valence-electron chi connectivity index (χ0n) is 16.2. The van der Waals surface area contributed by atoms with Crippen molar-refractivity contribution in [3.63, 3.8) is 0 Å². The van der Waals surface area contributed by atoms with Gasteiger partial charge in [0.05, 0.1) is 10.9 Å². The predicted octanol–water partition coefficient (Wildman–Crippen LogP) is 3.78. The molecule has 0 saturated carbocycles. The average Bonchev–Trinajstić information content (AvgIpc) is 3.27. The highest BCUT2D eigenvalue weighted by Gasteiger charge is 2.25. The average molecular weight is 416 g/mol. The van der Waals surface area contributed by atoms with Crippen LogP contribution >= 0.6 is 22.7 Å². The molecule has 0 unspecified atom stereocenters. The van der Waals surface area contributed by atoms with Crippen LogP contribution in [-0.2, 0) is 17.8 Å². The summed E-state index contributed by atoms with van der Waals surface area (Å²) in [6.45, 7) is 6.77. The number of pyridine rings is 1. The van der Waals surface area contributed by atoms with Crippen molar-refractivity contribution in [3.8, 4) is 10.6 Å². The number of aromatic nitrogens is 2. The van der Waals surface area contributed by atoms with Crippen LogP contribution in [0.25, 0.3) is 20.8 Å². The van der Waals surface area contributed by atoms with E-state index in [-0.39, 0.29) is 5.91 Å². The number of amides is 1. The molecule has 6 nitrogen and oxygen atoms in total. The molecule has 0 saturated heterocycles. The van der Waals surface area contributed by atoms with Crippen molar-refractivity contribution in [1.82, 2.24) is 20.6 Å². The largest absolute Gasteiger partial charge is 0.317 e. The van der Waals surface area contributed by atoms with E-state index in [9.17, 15) is 4.79 Å². The Morgan fingerprint density at radius 1 is 1.39 bits per heavy atom. The zero-order valence-corrected chi connectivity index (χ0v) is 17.8. The third kappa shape index (κ3) is 4.10. The molecule has 1 amide bonds. The Labute approximate surface area is 172 Å². The first-order valence-electron chi connectivity index (χ1n) is 9.75. The van der Waals surface area contributed by atoms with Crippen molar-refractivity contribution in [1.29, 1.82) is 0 Å². The van der Waals surface area contributed by atoms with E-state index in [2.05, 4.69) is 34.8 Å². The van der Waals surface area contributed by atoms with Gasteiger partial charge in [-0.2, -0.15) is 0 Å². The van der Waals surface area contributed by atoms with Crippen LogP contribution in [-0.4, -0.2) is 35.0 Å². The lowest BCUT2D eigenvalue weighted by atomic mass is 10.0. The van der Waals surface area contributed by atoms with Gasteiger partial charge in [0, 0.05) is 42.2 Å². The van der Waals surface area contributed by atoms with Gasteiger partial charge in [0.2, 0.25) is 5.91 Å². The van der Waals surface area contributed by atoms with Crippen LogP contribution in [0.3, 0.4) is 0 Å². The third-order valence-corrected chi connectivity index (χ3v) is 7.24. The summed E-state index contributed by atoms with van der Waals surface area (Å²) in [5, 5.41) is 11.9. The van der Waals surface area contributed by atoms with Gasteiger partial charge in [0.15, 0.2) is 0 Å². The third-order valence-electron chi connectivity index (χ3n) is 5.04. The summed E-state index contributed by atoms with van der Waals surface area (Å²) in [6, 6.07) is 2.43. The van der Waals surface area contributed by atoms with E-state index >= 15 is 0 Å². The van der Waals surface area contributed by atoms with Crippen molar-refractivity contribution in [3.05, 3.63) is 28.9 Å². The van der Waals surface area contributed by atoms with Crippen LogP contribution < -0.4 is 16.0 Å². The molecule has 4 rings (SSSR count). The zero-order chi connectivity index (χ0) is 19.5. The monoisotopic (exact) mass is 415 g/mol. The van der Waals surface area contributed by atoms with Crippen molar-refractivity contribution >= 4 is 43.8 Å². The number of anilines is 1. The highest BCUT2D eigenvalue weighted by Crippen LogP contribution is 2.44. The summed E-state index contributed by atoms with van der Waals surface area (Å²) in [4.78, 5) is 22.8. The van der Waals surface area contributed by atoms with Crippen molar-refractivity contribution in [2.75, 3.05) is 18.4 Å². The molecule has 0 fully saturated rings. The Morgan fingerprint density at radius 3 is 3.11 bits per heavy atom. The van der Waals surface area contributed by atoms with Gasteiger partial charge in [-0.3, -0.25) is 9.78 Å². The second-order valence-electron chi connectivity index (χ2n) is 7.06. The molecule has 3 N–H and O–H groups in total. The molecule has 0 aromatic carbocycles. The number of hydrogen-bond acceptors (Lipinski definition) is 7. The topological polar surface area (TPSA) is 78.9 Å². The fourth-order valence-electron chi connectivity index (χ4n) is 3.30. The summed E-state index contributed by atoms with van der Waals surface area (Å²) < 4.78 is 1.12. The molecular formula is C20H25N5OS2. The van der Waals surface area contributed by atoms with Gasteiger partial charge >= 0.3 is 0 Å². The van der Waals surface area contributed by atoms with Crippen LogP contribution in [0.4, 0.5) is 5.00 Å². The molecule has 148 valence electrons. The second kappa shape index (κ2) is 8.65. The molecule has 0 radical (unpaired) electrons. The molecule has 1 atom stereocenters. The lowest BCUT2D eigenvalue weighted by Gasteiger charge is -2.13. The Bertz CT molecular complexity index is 947. The van der Waals surface area contributed by atoms with Gasteiger partial charge in [0.1, 0.15) is 15.5 Å². The number of fused-ring (bicyclic) bond motifs is 2. The second-order valence-corrected chi connectivity index (χ2v) is 9.19. The molecule has 0 spiro atoms. The van der Waals surface area contributed by atoms with Crippen LogP contribution in [0.5, 0.6) is 0 Å². The minimum Gasteiger partial charge on any atom is -0.317 e. The molecule has 3 aromatic rings. The minimum absolute atomic E-state index is 0.0476. The minimum atomic E-state index is 0.0476. The van der Waals surface area contributed by atoms with Crippen LogP contribution in [0.2, 0.25) is 0 Å². The number of thiazole rings is 1.